The molecular formula is C16H15F2NO3S. The fraction of sp³-hybridized carbons (Fsp3) is 0.188. The molecule has 1 atom stereocenters. The molecule has 0 saturated heterocycles. The van der Waals surface area contributed by atoms with Crippen molar-refractivity contribution in [3.05, 3.63) is 60.2 Å². The monoisotopic (exact) mass is 339 g/mol. The second kappa shape index (κ2) is 8.38. The molecule has 0 aliphatic carbocycles. The van der Waals surface area contributed by atoms with Crippen LogP contribution >= 0.6 is 0 Å². The van der Waals surface area contributed by atoms with Crippen molar-refractivity contribution in [2.75, 3.05) is 11.1 Å². The minimum Gasteiger partial charge on any atom is -0.435 e. The van der Waals surface area contributed by atoms with Gasteiger partial charge in [0.05, 0.1) is 0 Å². The van der Waals surface area contributed by atoms with Crippen molar-refractivity contribution in [1.29, 1.82) is 0 Å². The van der Waals surface area contributed by atoms with E-state index in [4.69, 9.17) is 0 Å². The topological polar surface area (TPSA) is 55.4 Å². The number of carbonyl (C=O) groups excluding carboxylic acids is 1. The molecule has 2 aromatic rings. The Morgan fingerprint density at radius 1 is 1.13 bits per heavy atom. The van der Waals surface area contributed by atoms with E-state index in [1.165, 1.54) is 18.2 Å². The molecule has 0 bridgehead atoms. The molecule has 0 aliphatic rings. The van der Waals surface area contributed by atoms with Crippen LogP contribution in [-0.2, 0) is 21.3 Å². The predicted molar refractivity (Wildman–Crippen MR) is 84.9 cm³/mol. The summed E-state index contributed by atoms with van der Waals surface area (Å²) in [6.45, 7) is -2.91. The Morgan fingerprint density at radius 2 is 1.87 bits per heavy atom. The van der Waals surface area contributed by atoms with Crippen LogP contribution < -0.4 is 10.1 Å². The summed E-state index contributed by atoms with van der Waals surface area (Å²) < 4.78 is 40.6. The van der Waals surface area contributed by atoms with Gasteiger partial charge in [-0.15, -0.1) is 0 Å². The van der Waals surface area contributed by atoms with Crippen LogP contribution in [0.1, 0.15) is 5.56 Å². The van der Waals surface area contributed by atoms with Crippen molar-refractivity contribution >= 4 is 22.4 Å². The molecule has 4 nitrogen and oxygen atoms in total. The molecule has 0 fully saturated rings. The number of rotatable bonds is 7. The molecule has 2 aromatic carbocycles. The number of hydrogen-bond acceptors (Lipinski definition) is 3. The van der Waals surface area contributed by atoms with Crippen LogP contribution in [0.15, 0.2) is 54.6 Å². The van der Waals surface area contributed by atoms with Crippen LogP contribution in [0.3, 0.4) is 0 Å². The van der Waals surface area contributed by atoms with Crippen molar-refractivity contribution < 1.29 is 22.5 Å². The van der Waals surface area contributed by atoms with Gasteiger partial charge in [0.2, 0.25) is 5.91 Å². The van der Waals surface area contributed by atoms with Crippen molar-refractivity contribution in [2.45, 2.75) is 12.4 Å². The molecule has 23 heavy (non-hydrogen) atoms. The van der Waals surface area contributed by atoms with E-state index in [9.17, 15) is 17.8 Å². The number of hydrogen-bond donors (Lipinski definition) is 1. The van der Waals surface area contributed by atoms with Crippen molar-refractivity contribution in [3.63, 3.8) is 0 Å². The lowest BCUT2D eigenvalue weighted by Crippen LogP contribution is -2.20. The molecule has 0 saturated carbocycles. The summed E-state index contributed by atoms with van der Waals surface area (Å²) in [4.78, 5) is 11.8. The minimum atomic E-state index is -2.91. The van der Waals surface area contributed by atoms with Crippen molar-refractivity contribution in [2.24, 2.45) is 0 Å². The summed E-state index contributed by atoms with van der Waals surface area (Å²) >= 11 is 0. The first kappa shape index (κ1) is 17.1. The highest BCUT2D eigenvalue weighted by atomic mass is 32.2. The maximum Gasteiger partial charge on any atom is 0.387 e. The molecule has 0 unspecified atom stereocenters. The summed E-state index contributed by atoms with van der Waals surface area (Å²) in [7, 11) is -1.45. The fourth-order valence-electron chi connectivity index (χ4n) is 1.91. The Bertz CT molecular complexity index is 680. The van der Waals surface area contributed by atoms with Crippen molar-refractivity contribution in [1.82, 2.24) is 0 Å². The Labute approximate surface area is 134 Å². The molecule has 0 aliphatic heterocycles. The van der Waals surface area contributed by atoms with Gasteiger partial charge < -0.3 is 10.1 Å². The van der Waals surface area contributed by atoms with E-state index in [2.05, 4.69) is 10.1 Å². The van der Waals surface area contributed by atoms with E-state index in [-0.39, 0.29) is 23.2 Å². The molecule has 0 heterocycles. The highest BCUT2D eigenvalue weighted by Crippen LogP contribution is 2.17. The van der Waals surface area contributed by atoms with Gasteiger partial charge in [-0.2, -0.15) is 8.78 Å². The first-order chi connectivity index (χ1) is 11.0. The first-order valence-electron chi connectivity index (χ1n) is 6.76. The zero-order chi connectivity index (χ0) is 16.7. The third-order valence-electron chi connectivity index (χ3n) is 2.80. The molecule has 2 rings (SSSR count). The number of anilines is 1. The van der Waals surface area contributed by atoms with Crippen LogP contribution in [0.2, 0.25) is 0 Å². The summed E-state index contributed by atoms with van der Waals surface area (Å²) in [5.74, 6) is -0.449. The Balaban J connectivity index is 1.88. The van der Waals surface area contributed by atoms with Gasteiger partial charge in [0.25, 0.3) is 0 Å². The number of halogens is 2. The lowest BCUT2D eigenvalue weighted by atomic mass is 10.2. The van der Waals surface area contributed by atoms with E-state index in [1.807, 2.05) is 6.07 Å². The smallest absolute Gasteiger partial charge is 0.387 e. The summed E-state index contributed by atoms with van der Waals surface area (Å²) in [5.41, 5.74) is 1.19. The summed E-state index contributed by atoms with van der Waals surface area (Å²) in [6.07, 6.45) is 0. The maximum absolute atomic E-state index is 12.2. The van der Waals surface area contributed by atoms with Gasteiger partial charge >= 0.3 is 6.61 Å². The summed E-state index contributed by atoms with van der Waals surface area (Å²) in [6, 6.07) is 14.8. The van der Waals surface area contributed by atoms with E-state index < -0.39 is 17.4 Å². The van der Waals surface area contributed by atoms with Crippen LogP contribution in [-0.4, -0.2) is 22.5 Å². The largest absolute Gasteiger partial charge is 0.435 e. The molecule has 0 aromatic heterocycles. The molecular weight excluding hydrogens is 324 g/mol. The van der Waals surface area contributed by atoms with Crippen LogP contribution in [0.25, 0.3) is 0 Å². The molecule has 1 N–H and O–H groups in total. The zero-order valence-electron chi connectivity index (χ0n) is 12.1. The van der Waals surface area contributed by atoms with Gasteiger partial charge in [-0.1, -0.05) is 30.3 Å². The predicted octanol–water partition coefficient (Wildman–Crippen LogP) is 3.18. The lowest BCUT2D eigenvalue weighted by Gasteiger charge is -2.07. The van der Waals surface area contributed by atoms with E-state index in [0.717, 1.165) is 0 Å². The van der Waals surface area contributed by atoms with E-state index in [0.29, 0.717) is 11.3 Å². The Hall–Kier alpha value is -2.28. The van der Waals surface area contributed by atoms with Gasteiger partial charge in [-0.25, -0.2) is 0 Å². The molecule has 0 spiro atoms. The van der Waals surface area contributed by atoms with Gasteiger partial charge in [0.1, 0.15) is 11.5 Å². The third-order valence-corrected chi connectivity index (χ3v) is 4.04. The SMILES string of the molecule is O=C(C[S@@](=O)Cc1cccc(OC(F)F)c1)Nc1ccccc1. The zero-order valence-corrected chi connectivity index (χ0v) is 12.9. The number of alkyl halides is 2. The Morgan fingerprint density at radius 3 is 2.57 bits per heavy atom. The number of nitrogens with one attached hydrogen (secondary N) is 1. The minimum absolute atomic E-state index is 0.00300. The molecule has 122 valence electrons. The van der Waals surface area contributed by atoms with Crippen LogP contribution in [0, 0.1) is 0 Å². The van der Waals surface area contributed by atoms with Gasteiger partial charge in [0, 0.05) is 22.2 Å². The fourth-order valence-corrected chi connectivity index (χ4v) is 2.93. The van der Waals surface area contributed by atoms with Gasteiger partial charge in [-0.05, 0) is 29.8 Å². The molecule has 7 heteroatoms. The second-order valence-corrected chi connectivity index (χ2v) is 6.13. The number of benzene rings is 2. The highest BCUT2D eigenvalue weighted by molar-refractivity contribution is 7.84. The molecule has 1 amide bonds. The lowest BCUT2D eigenvalue weighted by molar-refractivity contribution is -0.113. The summed E-state index contributed by atoms with van der Waals surface area (Å²) in [5, 5.41) is 2.64. The first-order valence-corrected chi connectivity index (χ1v) is 8.25. The average molecular weight is 339 g/mol. The van der Waals surface area contributed by atoms with Gasteiger partial charge in [0.15, 0.2) is 0 Å². The van der Waals surface area contributed by atoms with Crippen molar-refractivity contribution in [3.8, 4) is 5.75 Å². The van der Waals surface area contributed by atoms with E-state index >= 15 is 0 Å². The van der Waals surface area contributed by atoms with E-state index in [1.54, 1.807) is 30.3 Å². The van der Waals surface area contributed by atoms with Crippen LogP contribution in [0.5, 0.6) is 5.75 Å². The number of carbonyl (C=O) groups is 1. The van der Waals surface area contributed by atoms with Crippen LogP contribution in [0.4, 0.5) is 14.5 Å². The third kappa shape index (κ3) is 6.15. The highest BCUT2D eigenvalue weighted by Gasteiger charge is 2.10. The second-order valence-electron chi connectivity index (χ2n) is 4.67. The van der Waals surface area contributed by atoms with Gasteiger partial charge in [-0.3, -0.25) is 9.00 Å². The quantitative estimate of drug-likeness (QED) is 0.843. The standard InChI is InChI=1S/C16H15F2NO3S/c17-16(18)22-14-8-4-5-12(9-14)10-23(21)11-15(20)19-13-6-2-1-3-7-13/h1-9,16H,10-11H2,(H,19,20)/t23-/m0/s1. The molecule has 0 radical (unpaired) electrons. The Kier molecular flexibility index (Phi) is 6.22. The normalized spacial score (nSPS) is 12.0. The number of amides is 1. The average Bonchev–Trinajstić information content (AvgIpc) is 2.47. The number of para-hydroxylation sites is 1. The maximum atomic E-state index is 12.2. The number of ether oxygens (including phenoxy) is 1.